The van der Waals surface area contributed by atoms with Crippen LogP contribution in [0, 0.1) is 6.92 Å². The highest BCUT2D eigenvalue weighted by atomic mass is 79.9. The predicted molar refractivity (Wildman–Crippen MR) is 80.8 cm³/mol. The van der Waals surface area contributed by atoms with Gasteiger partial charge in [-0.05, 0) is 13.0 Å². The van der Waals surface area contributed by atoms with Crippen LogP contribution < -0.4 is 15.0 Å². The normalized spacial score (nSPS) is 9.28. The molecule has 2 aromatic rings. The first kappa shape index (κ1) is 16.9. The molecule has 2 rings (SSSR count). The summed E-state index contributed by atoms with van der Waals surface area (Å²) in [6.07, 6.45) is 0. The fourth-order valence-corrected chi connectivity index (χ4v) is 1.58. The van der Waals surface area contributed by atoms with E-state index < -0.39 is 0 Å². The predicted octanol–water partition coefficient (Wildman–Crippen LogP) is 2.40. The molecule has 1 heterocycles. The molecule has 7 heteroatoms. The third-order valence-electron chi connectivity index (χ3n) is 2.33. The number of H-pyrrole nitrogens is 1. The molecule has 0 aliphatic rings. The molecule has 100 valence electrons. The van der Waals surface area contributed by atoms with E-state index in [4.69, 9.17) is 9.47 Å². The summed E-state index contributed by atoms with van der Waals surface area (Å²) in [5.74, 6) is 1.66. The smallest absolute Gasteiger partial charge is 0.258 e. The molecule has 1 aromatic heterocycles. The third kappa shape index (κ3) is 3.02. The lowest BCUT2D eigenvalue weighted by Gasteiger charge is -2.08. The zero-order valence-corrected chi connectivity index (χ0v) is 13.6. The number of aryl methyl sites for hydroxylation is 1. The number of nitrogens with one attached hydrogen (secondary N) is 1. The van der Waals surface area contributed by atoms with Gasteiger partial charge in [-0.1, -0.05) is 0 Å². The van der Waals surface area contributed by atoms with Crippen molar-refractivity contribution in [3.8, 4) is 11.5 Å². The number of ether oxygens (including phenoxy) is 2. The van der Waals surface area contributed by atoms with Crippen molar-refractivity contribution < 1.29 is 9.47 Å². The van der Waals surface area contributed by atoms with E-state index in [1.54, 1.807) is 26.2 Å². The maximum atomic E-state index is 11.7. The maximum absolute atomic E-state index is 11.7. The van der Waals surface area contributed by atoms with Crippen LogP contribution in [-0.4, -0.2) is 24.2 Å². The van der Waals surface area contributed by atoms with E-state index in [1.165, 1.54) is 7.11 Å². The molecule has 0 amide bonds. The molecular formula is C11H14Br2N2O3. The lowest BCUT2D eigenvalue weighted by Crippen LogP contribution is -2.10. The molecule has 18 heavy (non-hydrogen) atoms. The summed E-state index contributed by atoms with van der Waals surface area (Å²) in [6.45, 7) is 1.73. The lowest BCUT2D eigenvalue weighted by molar-refractivity contribution is 0.355. The van der Waals surface area contributed by atoms with Gasteiger partial charge in [-0.25, -0.2) is 4.98 Å². The minimum Gasteiger partial charge on any atom is -0.493 e. The van der Waals surface area contributed by atoms with Crippen LogP contribution in [-0.2, 0) is 0 Å². The van der Waals surface area contributed by atoms with Gasteiger partial charge in [0.05, 0.1) is 25.1 Å². The van der Waals surface area contributed by atoms with E-state index in [2.05, 4.69) is 9.97 Å². The van der Waals surface area contributed by atoms with Gasteiger partial charge >= 0.3 is 0 Å². The van der Waals surface area contributed by atoms with Gasteiger partial charge in [0, 0.05) is 6.07 Å². The Kier molecular flexibility index (Phi) is 6.34. The van der Waals surface area contributed by atoms with E-state index in [1.807, 2.05) is 0 Å². The summed E-state index contributed by atoms with van der Waals surface area (Å²) in [7, 11) is 3.07. The lowest BCUT2D eigenvalue weighted by atomic mass is 10.2. The number of aromatic nitrogens is 2. The molecule has 0 saturated heterocycles. The number of hydrogen-bond donors (Lipinski definition) is 1. The summed E-state index contributed by atoms with van der Waals surface area (Å²) in [5, 5.41) is 0.489. The number of nitrogens with zero attached hydrogens (tertiary/aromatic N) is 1. The second-order valence-electron chi connectivity index (χ2n) is 3.38. The van der Waals surface area contributed by atoms with Crippen molar-refractivity contribution in [2.45, 2.75) is 6.92 Å². The largest absolute Gasteiger partial charge is 0.493 e. The Morgan fingerprint density at radius 1 is 1.11 bits per heavy atom. The molecule has 0 fully saturated rings. The number of benzene rings is 1. The number of methoxy groups -OCH3 is 2. The molecule has 0 bridgehead atoms. The Hall–Kier alpha value is -1.08. The molecule has 5 nitrogen and oxygen atoms in total. The van der Waals surface area contributed by atoms with Crippen molar-refractivity contribution in [2.75, 3.05) is 14.2 Å². The molecule has 1 N–H and O–H groups in total. The maximum Gasteiger partial charge on any atom is 0.258 e. The molecule has 0 unspecified atom stereocenters. The quantitative estimate of drug-likeness (QED) is 0.867. The Labute approximate surface area is 125 Å². The summed E-state index contributed by atoms with van der Waals surface area (Å²) in [4.78, 5) is 18.5. The van der Waals surface area contributed by atoms with Crippen LogP contribution >= 0.6 is 34.0 Å². The van der Waals surface area contributed by atoms with Crippen LogP contribution in [0.2, 0.25) is 0 Å². The second kappa shape index (κ2) is 6.75. The van der Waals surface area contributed by atoms with Crippen LogP contribution in [0.5, 0.6) is 11.5 Å². The first-order valence-corrected chi connectivity index (χ1v) is 4.78. The highest BCUT2D eigenvalue weighted by Crippen LogP contribution is 2.29. The molecule has 0 aliphatic heterocycles. The van der Waals surface area contributed by atoms with Crippen LogP contribution in [0.4, 0.5) is 0 Å². The van der Waals surface area contributed by atoms with Crippen LogP contribution in [0.3, 0.4) is 0 Å². The number of halogens is 2. The van der Waals surface area contributed by atoms with Gasteiger partial charge in [0.1, 0.15) is 5.82 Å². The Balaban J connectivity index is 0.00000144. The van der Waals surface area contributed by atoms with Crippen LogP contribution in [0.25, 0.3) is 10.9 Å². The minimum atomic E-state index is -0.177. The van der Waals surface area contributed by atoms with Crippen LogP contribution in [0.15, 0.2) is 16.9 Å². The average Bonchev–Trinajstić information content (AvgIpc) is 2.27. The molecule has 0 saturated carbocycles. The second-order valence-corrected chi connectivity index (χ2v) is 3.38. The molecule has 0 atom stereocenters. The number of rotatable bonds is 2. The summed E-state index contributed by atoms with van der Waals surface area (Å²) < 4.78 is 10.3. The molecular weight excluding hydrogens is 368 g/mol. The molecule has 0 radical (unpaired) electrons. The van der Waals surface area contributed by atoms with Crippen molar-refractivity contribution in [3.63, 3.8) is 0 Å². The highest BCUT2D eigenvalue weighted by Gasteiger charge is 2.09. The van der Waals surface area contributed by atoms with Crippen molar-refractivity contribution in [3.05, 3.63) is 28.3 Å². The first-order chi connectivity index (χ1) is 7.65. The summed E-state index contributed by atoms with van der Waals surface area (Å²) >= 11 is 0. The topological polar surface area (TPSA) is 64.2 Å². The van der Waals surface area contributed by atoms with Crippen molar-refractivity contribution >= 4 is 44.9 Å². The van der Waals surface area contributed by atoms with E-state index in [-0.39, 0.29) is 39.5 Å². The van der Waals surface area contributed by atoms with Gasteiger partial charge < -0.3 is 14.5 Å². The SMILES string of the molecule is Br.Br.COc1cc2nc(C)[nH]c(=O)c2cc1OC. The molecule has 0 spiro atoms. The van der Waals surface area contributed by atoms with Crippen molar-refractivity contribution in [1.82, 2.24) is 9.97 Å². The third-order valence-corrected chi connectivity index (χ3v) is 2.33. The number of fused-ring (bicyclic) bond motifs is 1. The van der Waals surface area contributed by atoms with Gasteiger partial charge in [-0.15, -0.1) is 34.0 Å². The average molecular weight is 382 g/mol. The number of hydrogen-bond acceptors (Lipinski definition) is 4. The van der Waals surface area contributed by atoms with E-state index >= 15 is 0 Å². The zero-order valence-electron chi connectivity index (χ0n) is 10.1. The Bertz CT molecular complexity index is 599. The molecule has 1 aromatic carbocycles. The minimum absolute atomic E-state index is 0. The van der Waals surface area contributed by atoms with Gasteiger partial charge in [0.2, 0.25) is 0 Å². The van der Waals surface area contributed by atoms with Gasteiger partial charge in [0.25, 0.3) is 5.56 Å². The standard InChI is InChI=1S/C11H12N2O3.2BrH/c1-6-12-8-5-10(16-3)9(15-2)4-7(8)11(14)13-6;;/h4-5H,1-3H3,(H,12,13,14);2*1H. The fourth-order valence-electron chi connectivity index (χ4n) is 1.58. The van der Waals surface area contributed by atoms with E-state index in [0.717, 1.165) is 0 Å². The number of aromatic amines is 1. The van der Waals surface area contributed by atoms with Gasteiger partial charge in [-0.3, -0.25) is 4.79 Å². The highest BCUT2D eigenvalue weighted by molar-refractivity contribution is 8.93. The Morgan fingerprint density at radius 2 is 1.67 bits per heavy atom. The first-order valence-electron chi connectivity index (χ1n) is 4.78. The monoisotopic (exact) mass is 380 g/mol. The fraction of sp³-hybridized carbons (Fsp3) is 0.273. The summed E-state index contributed by atoms with van der Waals surface area (Å²) in [6, 6.07) is 3.32. The van der Waals surface area contributed by atoms with Crippen LogP contribution in [0.1, 0.15) is 5.82 Å². The molecule has 0 aliphatic carbocycles. The van der Waals surface area contributed by atoms with Crippen molar-refractivity contribution in [1.29, 1.82) is 0 Å². The van der Waals surface area contributed by atoms with E-state index in [9.17, 15) is 4.79 Å². The zero-order chi connectivity index (χ0) is 11.7. The van der Waals surface area contributed by atoms with E-state index in [0.29, 0.717) is 28.2 Å². The van der Waals surface area contributed by atoms with Gasteiger partial charge in [0.15, 0.2) is 11.5 Å². The Morgan fingerprint density at radius 3 is 2.22 bits per heavy atom. The van der Waals surface area contributed by atoms with Crippen molar-refractivity contribution in [2.24, 2.45) is 0 Å². The summed E-state index contributed by atoms with van der Waals surface area (Å²) in [5.41, 5.74) is 0.419. The van der Waals surface area contributed by atoms with Gasteiger partial charge in [-0.2, -0.15) is 0 Å².